The van der Waals surface area contributed by atoms with E-state index in [1.54, 1.807) is 6.20 Å². The Morgan fingerprint density at radius 1 is 1.15 bits per heavy atom. The van der Waals surface area contributed by atoms with Crippen LogP contribution in [-0.4, -0.2) is 27.2 Å². The molecule has 5 nitrogen and oxygen atoms in total. The number of aromatic amines is 1. The molecule has 2 N–H and O–H groups in total. The van der Waals surface area contributed by atoms with E-state index in [1.807, 2.05) is 53.3 Å². The van der Waals surface area contributed by atoms with E-state index in [0.29, 0.717) is 12.2 Å². The molecule has 0 aliphatic carbocycles. The van der Waals surface area contributed by atoms with Crippen molar-refractivity contribution in [1.29, 1.82) is 0 Å². The lowest BCUT2D eigenvalue weighted by Crippen LogP contribution is -2.26. The van der Waals surface area contributed by atoms with Gasteiger partial charge < -0.3 is 10.3 Å². The number of carbonyl (C=O) groups excluding carboxylic acids is 1. The fraction of sp³-hybridized carbons (Fsp3) is 0.182. The van der Waals surface area contributed by atoms with Gasteiger partial charge in [0.05, 0.1) is 0 Å². The first-order valence-electron chi connectivity index (χ1n) is 9.16. The predicted molar refractivity (Wildman–Crippen MR) is 108 cm³/mol. The van der Waals surface area contributed by atoms with Crippen LogP contribution in [0.3, 0.4) is 0 Å². The second-order valence-corrected chi connectivity index (χ2v) is 6.67. The molecular weight excluding hydrogens is 336 g/mol. The van der Waals surface area contributed by atoms with Crippen LogP contribution >= 0.6 is 0 Å². The second kappa shape index (κ2) is 7.50. The van der Waals surface area contributed by atoms with Crippen molar-refractivity contribution < 1.29 is 4.79 Å². The third kappa shape index (κ3) is 3.62. The van der Waals surface area contributed by atoms with Crippen LogP contribution in [0.2, 0.25) is 0 Å². The van der Waals surface area contributed by atoms with E-state index in [4.69, 9.17) is 0 Å². The standard InChI is InChI=1S/C22H22N4O/c1-16-9-10-19-18(15-16)20(17-7-3-2-4-8-17)21(25-19)22(27)23-11-5-13-26-14-6-12-24-26/h2-4,6-10,12,14-15,25H,5,11,13H2,1H3,(H,23,27). The van der Waals surface area contributed by atoms with Crippen LogP contribution in [0.4, 0.5) is 0 Å². The second-order valence-electron chi connectivity index (χ2n) is 6.67. The van der Waals surface area contributed by atoms with E-state index in [-0.39, 0.29) is 5.91 Å². The first-order chi connectivity index (χ1) is 13.2. The minimum Gasteiger partial charge on any atom is -0.351 e. The lowest BCUT2D eigenvalue weighted by molar-refractivity contribution is 0.0949. The zero-order valence-electron chi connectivity index (χ0n) is 15.3. The third-order valence-electron chi connectivity index (χ3n) is 4.65. The normalized spacial score (nSPS) is 11.0. The predicted octanol–water partition coefficient (Wildman–Crippen LogP) is 4.16. The molecule has 0 unspecified atom stereocenters. The van der Waals surface area contributed by atoms with E-state index in [9.17, 15) is 4.79 Å². The van der Waals surface area contributed by atoms with Gasteiger partial charge in [-0.15, -0.1) is 0 Å². The van der Waals surface area contributed by atoms with Crippen LogP contribution in [0.5, 0.6) is 0 Å². The van der Waals surface area contributed by atoms with Crippen molar-refractivity contribution in [3.8, 4) is 11.1 Å². The van der Waals surface area contributed by atoms with Crippen molar-refractivity contribution in [3.63, 3.8) is 0 Å². The van der Waals surface area contributed by atoms with E-state index in [1.165, 1.54) is 5.56 Å². The number of carbonyl (C=O) groups is 1. The maximum atomic E-state index is 12.9. The summed E-state index contributed by atoms with van der Waals surface area (Å²) in [5, 5.41) is 8.29. The van der Waals surface area contributed by atoms with Crippen molar-refractivity contribution in [3.05, 3.63) is 78.2 Å². The van der Waals surface area contributed by atoms with Crippen molar-refractivity contribution >= 4 is 16.8 Å². The van der Waals surface area contributed by atoms with Gasteiger partial charge in [0, 0.05) is 41.9 Å². The molecule has 0 spiro atoms. The van der Waals surface area contributed by atoms with E-state index >= 15 is 0 Å². The first kappa shape index (κ1) is 17.1. The summed E-state index contributed by atoms with van der Waals surface area (Å²) >= 11 is 0. The summed E-state index contributed by atoms with van der Waals surface area (Å²) in [6, 6.07) is 18.2. The van der Waals surface area contributed by atoms with Crippen LogP contribution in [0, 0.1) is 6.92 Å². The molecule has 0 saturated carbocycles. The molecule has 2 aromatic heterocycles. The largest absolute Gasteiger partial charge is 0.351 e. The molecule has 0 saturated heterocycles. The first-order valence-corrected chi connectivity index (χ1v) is 9.16. The Labute approximate surface area is 158 Å². The maximum absolute atomic E-state index is 12.9. The molecule has 27 heavy (non-hydrogen) atoms. The average molecular weight is 358 g/mol. The lowest BCUT2D eigenvalue weighted by atomic mass is 10.0. The number of fused-ring (bicyclic) bond motifs is 1. The number of nitrogens with zero attached hydrogens (tertiary/aromatic N) is 2. The zero-order valence-corrected chi connectivity index (χ0v) is 15.3. The van der Waals surface area contributed by atoms with Gasteiger partial charge in [0.25, 0.3) is 5.91 Å². The van der Waals surface area contributed by atoms with Gasteiger partial charge >= 0.3 is 0 Å². The van der Waals surface area contributed by atoms with Gasteiger partial charge in [-0.3, -0.25) is 9.48 Å². The Hall–Kier alpha value is -3.34. The van der Waals surface area contributed by atoms with Crippen LogP contribution in [0.1, 0.15) is 22.5 Å². The SMILES string of the molecule is Cc1ccc2[nH]c(C(=O)NCCCn3cccn3)c(-c3ccccc3)c2c1. The van der Waals surface area contributed by atoms with Gasteiger partial charge in [0.15, 0.2) is 0 Å². The summed E-state index contributed by atoms with van der Waals surface area (Å²) in [7, 11) is 0. The lowest BCUT2D eigenvalue weighted by Gasteiger charge is -2.07. The molecule has 4 aromatic rings. The summed E-state index contributed by atoms with van der Waals surface area (Å²) in [6.45, 7) is 3.45. The average Bonchev–Trinajstić information content (AvgIpc) is 3.33. The van der Waals surface area contributed by atoms with E-state index in [2.05, 4.69) is 34.5 Å². The Balaban J connectivity index is 1.59. The summed E-state index contributed by atoms with van der Waals surface area (Å²) in [5.41, 5.74) is 4.75. The Morgan fingerprint density at radius 3 is 2.78 bits per heavy atom. The smallest absolute Gasteiger partial charge is 0.268 e. The molecule has 2 heterocycles. The number of benzene rings is 2. The van der Waals surface area contributed by atoms with Crippen LogP contribution in [-0.2, 0) is 6.54 Å². The highest BCUT2D eigenvalue weighted by Crippen LogP contribution is 2.33. The van der Waals surface area contributed by atoms with Gasteiger partial charge in [-0.05, 0) is 37.1 Å². The van der Waals surface area contributed by atoms with E-state index in [0.717, 1.165) is 35.0 Å². The van der Waals surface area contributed by atoms with Gasteiger partial charge in [0.1, 0.15) is 5.69 Å². The van der Waals surface area contributed by atoms with Gasteiger partial charge in [-0.25, -0.2) is 0 Å². The molecule has 5 heteroatoms. The van der Waals surface area contributed by atoms with Gasteiger partial charge in [-0.1, -0.05) is 42.0 Å². The van der Waals surface area contributed by atoms with Crippen LogP contribution < -0.4 is 5.32 Å². The van der Waals surface area contributed by atoms with Crippen molar-refractivity contribution in [2.45, 2.75) is 19.9 Å². The number of aromatic nitrogens is 3. The maximum Gasteiger partial charge on any atom is 0.268 e. The minimum atomic E-state index is -0.0804. The van der Waals surface area contributed by atoms with Crippen molar-refractivity contribution in [1.82, 2.24) is 20.1 Å². The Kier molecular flexibility index (Phi) is 4.75. The monoisotopic (exact) mass is 358 g/mol. The molecule has 0 radical (unpaired) electrons. The number of aryl methyl sites for hydroxylation is 2. The van der Waals surface area contributed by atoms with Crippen LogP contribution in [0.15, 0.2) is 67.0 Å². The molecule has 4 rings (SSSR count). The molecular formula is C22H22N4O. The van der Waals surface area contributed by atoms with E-state index < -0.39 is 0 Å². The van der Waals surface area contributed by atoms with Gasteiger partial charge in [-0.2, -0.15) is 5.10 Å². The molecule has 2 aromatic carbocycles. The Morgan fingerprint density at radius 2 is 2.00 bits per heavy atom. The number of rotatable bonds is 6. The van der Waals surface area contributed by atoms with Crippen molar-refractivity contribution in [2.24, 2.45) is 0 Å². The molecule has 0 fully saturated rings. The van der Waals surface area contributed by atoms with Crippen LogP contribution in [0.25, 0.3) is 22.0 Å². The summed E-state index contributed by atoms with van der Waals surface area (Å²) in [4.78, 5) is 16.2. The zero-order chi connectivity index (χ0) is 18.6. The minimum absolute atomic E-state index is 0.0804. The number of nitrogens with one attached hydrogen (secondary N) is 2. The highest BCUT2D eigenvalue weighted by molar-refractivity contribution is 6.09. The molecule has 0 atom stereocenters. The molecule has 0 aliphatic heterocycles. The topological polar surface area (TPSA) is 62.7 Å². The molecule has 0 aliphatic rings. The number of amides is 1. The highest BCUT2D eigenvalue weighted by atomic mass is 16.1. The number of hydrogen-bond acceptors (Lipinski definition) is 2. The summed E-state index contributed by atoms with van der Waals surface area (Å²) < 4.78 is 1.87. The quantitative estimate of drug-likeness (QED) is 0.508. The fourth-order valence-electron chi connectivity index (χ4n) is 3.34. The number of hydrogen-bond donors (Lipinski definition) is 2. The van der Waals surface area contributed by atoms with Crippen molar-refractivity contribution in [2.75, 3.05) is 6.54 Å². The fourth-order valence-corrected chi connectivity index (χ4v) is 3.34. The highest BCUT2D eigenvalue weighted by Gasteiger charge is 2.19. The summed E-state index contributed by atoms with van der Waals surface area (Å²) in [5.74, 6) is -0.0804. The Bertz CT molecular complexity index is 1050. The molecule has 136 valence electrons. The number of H-pyrrole nitrogens is 1. The van der Waals surface area contributed by atoms with Gasteiger partial charge in [0.2, 0.25) is 0 Å². The molecule has 0 bridgehead atoms. The third-order valence-corrected chi connectivity index (χ3v) is 4.65. The summed E-state index contributed by atoms with van der Waals surface area (Å²) in [6.07, 6.45) is 4.51. The molecule has 1 amide bonds.